The largest absolute Gasteiger partial charge is 0.491 e. The van der Waals surface area contributed by atoms with Crippen molar-refractivity contribution in [3.05, 3.63) is 64.9 Å². The molecule has 3 heterocycles. The Kier molecular flexibility index (Phi) is 5.81. The van der Waals surface area contributed by atoms with Crippen LogP contribution < -0.4 is 9.64 Å². The Morgan fingerprint density at radius 1 is 1.09 bits per heavy atom. The number of aromatic nitrogens is 3. The van der Waals surface area contributed by atoms with Gasteiger partial charge >= 0.3 is 0 Å². The number of fused-ring (bicyclic) bond motifs is 2. The number of rotatable bonds is 3. The van der Waals surface area contributed by atoms with E-state index in [0.29, 0.717) is 6.61 Å². The van der Waals surface area contributed by atoms with Crippen molar-refractivity contribution in [3.8, 4) is 16.9 Å². The average Bonchev–Trinajstić information content (AvgIpc) is 3.16. The molecule has 1 aliphatic heterocycles. The van der Waals surface area contributed by atoms with Crippen LogP contribution in [-0.2, 0) is 19.4 Å². The first-order valence-corrected chi connectivity index (χ1v) is 11.9. The molecular formula is C27H32N4O. The Balaban J connectivity index is 1.48. The van der Waals surface area contributed by atoms with Crippen molar-refractivity contribution in [2.24, 2.45) is 5.92 Å². The van der Waals surface area contributed by atoms with Crippen molar-refractivity contribution < 1.29 is 4.74 Å². The summed E-state index contributed by atoms with van der Waals surface area (Å²) in [4.78, 5) is 16.4. The van der Waals surface area contributed by atoms with Crippen LogP contribution in [0.5, 0.6) is 5.75 Å². The van der Waals surface area contributed by atoms with E-state index in [4.69, 9.17) is 14.7 Å². The van der Waals surface area contributed by atoms with Crippen molar-refractivity contribution in [1.82, 2.24) is 15.0 Å². The second kappa shape index (κ2) is 8.89. The zero-order valence-electron chi connectivity index (χ0n) is 19.4. The van der Waals surface area contributed by atoms with Crippen LogP contribution in [-0.4, -0.2) is 28.1 Å². The molecule has 1 aliphatic carbocycles. The fourth-order valence-electron chi connectivity index (χ4n) is 4.99. The molecule has 5 nitrogen and oxygen atoms in total. The summed E-state index contributed by atoms with van der Waals surface area (Å²) < 4.78 is 6.14. The van der Waals surface area contributed by atoms with Crippen molar-refractivity contribution in [1.29, 1.82) is 0 Å². The zero-order chi connectivity index (χ0) is 22.1. The highest BCUT2D eigenvalue weighted by atomic mass is 16.5. The second-order valence-corrected chi connectivity index (χ2v) is 9.21. The first-order chi connectivity index (χ1) is 15.6. The van der Waals surface area contributed by atoms with Gasteiger partial charge in [-0.2, -0.15) is 0 Å². The lowest BCUT2D eigenvalue weighted by atomic mass is 9.97. The van der Waals surface area contributed by atoms with Crippen LogP contribution in [0, 0.1) is 19.8 Å². The van der Waals surface area contributed by atoms with Crippen LogP contribution in [0.25, 0.3) is 11.1 Å². The third-order valence-corrected chi connectivity index (χ3v) is 7.12. The molecule has 0 N–H and O–H groups in total. The van der Waals surface area contributed by atoms with E-state index in [-0.39, 0.29) is 0 Å². The normalized spacial score (nSPS) is 18.2. The lowest BCUT2D eigenvalue weighted by Gasteiger charge is -2.24. The minimum atomic E-state index is 0.661. The highest BCUT2D eigenvalue weighted by Gasteiger charge is 2.24. The van der Waals surface area contributed by atoms with E-state index >= 15 is 0 Å². The number of hydrogen-bond donors (Lipinski definition) is 0. The quantitative estimate of drug-likeness (QED) is 0.519. The number of hydrogen-bond acceptors (Lipinski definition) is 5. The number of ether oxygens (including phenoxy) is 1. The molecule has 0 saturated heterocycles. The minimum absolute atomic E-state index is 0.661. The molecule has 0 fully saturated rings. The van der Waals surface area contributed by atoms with Gasteiger partial charge in [0.15, 0.2) is 0 Å². The lowest BCUT2D eigenvalue weighted by Crippen LogP contribution is -2.28. The van der Waals surface area contributed by atoms with Crippen molar-refractivity contribution in [2.45, 2.75) is 59.4 Å². The summed E-state index contributed by atoms with van der Waals surface area (Å²) in [5.41, 5.74) is 8.41. The number of nitrogens with zero attached hydrogens (tertiary/aromatic N) is 4. The van der Waals surface area contributed by atoms with Gasteiger partial charge < -0.3 is 9.64 Å². The predicted molar refractivity (Wildman–Crippen MR) is 128 cm³/mol. The van der Waals surface area contributed by atoms with Crippen molar-refractivity contribution in [2.75, 3.05) is 18.1 Å². The molecule has 0 amide bonds. The van der Waals surface area contributed by atoms with E-state index in [2.05, 4.69) is 54.9 Å². The van der Waals surface area contributed by atoms with Gasteiger partial charge in [0.05, 0.1) is 6.54 Å². The van der Waals surface area contributed by atoms with Gasteiger partial charge in [0.1, 0.15) is 24.5 Å². The SMILES string of the molecule is CC[C@H]1CCCc2c(ncnc2N2CCOc3ccc(-c4cnc(C)c(C)c4)cc3C2)C1. The van der Waals surface area contributed by atoms with Gasteiger partial charge in [-0.05, 0) is 74.8 Å². The Morgan fingerprint density at radius 3 is 2.84 bits per heavy atom. The molecule has 3 aromatic rings. The van der Waals surface area contributed by atoms with Crippen LogP contribution in [0.15, 0.2) is 36.8 Å². The molecule has 0 unspecified atom stereocenters. The van der Waals surface area contributed by atoms with Gasteiger partial charge in [-0.1, -0.05) is 19.4 Å². The Morgan fingerprint density at radius 2 is 2.00 bits per heavy atom. The molecule has 0 saturated carbocycles. The highest BCUT2D eigenvalue weighted by Crippen LogP contribution is 2.34. The summed E-state index contributed by atoms with van der Waals surface area (Å²) in [6, 6.07) is 8.72. The van der Waals surface area contributed by atoms with Gasteiger partial charge in [-0.25, -0.2) is 9.97 Å². The Hall–Kier alpha value is -2.95. The van der Waals surface area contributed by atoms with Gasteiger partial charge in [-0.15, -0.1) is 0 Å². The predicted octanol–water partition coefficient (Wildman–Crippen LogP) is 5.46. The van der Waals surface area contributed by atoms with Crippen LogP contribution in [0.3, 0.4) is 0 Å². The molecule has 0 spiro atoms. The average molecular weight is 429 g/mol. The van der Waals surface area contributed by atoms with Crippen LogP contribution >= 0.6 is 0 Å². The van der Waals surface area contributed by atoms with Gasteiger partial charge in [-0.3, -0.25) is 4.98 Å². The summed E-state index contributed by atoms with van der Waals surface area (Å²) >= 11 is 0. The molecule has 32 heavy (non-hydrogen) atoms. The highest BCUT2D eigenvalue weighted by molar-refractivity contribution is 5.66. The summed E-state index contributed by atoms with van der Waals surface area (Å²) in [7, 11) is 0. The Bertz CT molecular complexity index is 1130. The van der Waals surface area contributed by atoms with E-state index in [1.165, 1.54) is 47.2 Å². The van der Waals surface area contributed by atoms with Gasteiger partial charge in [0.25, 0.3) is 0 Å². The molecule has 1 aromatic carbocycles. The molecule has 1 atom stereocenters. The summed E-state index contributed by atoms with van der Waals surface area (Å²) in [6.45, 7) is 8.74. The molecule has 5 heteroatoms. The third kappa shape index (κ3) is 4.08. The standard InChI is InChI=1S/C27H32N4O/c1-4-20-6-5-7-24-25(13-20)29-17-30-27(24)31-10-11-32-26-9-8-21(14-23(26)16-31)22-12-18(2)19(3)28-15-22/h8-9,12,14-15,17,20H,4-7,10-11,13,16H2,1-3H3/t20-/m0/s1. The van der Waals surface area contributed by atoms with Gasteiger partial charge in [0, 0.05) is 40.8 Å². The number of benzene rings is 1. The summed E-state index contributed by atoms with van der Waals surface area (Å²) in [6.07, 6.45) is 9.60. The third-order valence-electron chi connectivity index (χ3n) is 7.12. The monoisotopic (exact) mass is 428 g/mol. The summed E-state index contributed by atoms with van der Waals surface area (Å²) in [5.74, 6) is 2.81. The topological polar surface area (TPSA) is 51.1 Å². The maximum atomic E-state index is 6.14. The van der Waals surface area contributed by atoms with Gasteiger partial charge in [0.2, 0.25) is 0 Å². The molecule has 2 aliphatic rings. The molecule has 5 rings (SSSR count). The van der Waals surface area contributed by atoms with E-state index in [9.17, 15) is 0 Å². The molecule has 2 aromatic heterocycles. The van der Waals surface area contributed by atoms with E-state index in [1.54, 1.807) is 6.33 Å². The maximum Gasteiger partial charge on any atom is 0.135 e. The molecule has 0 radical (unpaired) electrons. The van der Waals surface area contributed by atoms with Crippen molar-refractivity contribution >= 4 is 5.82 Å². The fourth-order valence-corrected chi connectivity index (χ4v) is 4.99. The fraction of sp³-hybridized carbons (Fsp3) is 0.444. The first kappa shape index (κ1) is 20.9. The van der Waals surface area contributed by atoms with E-state index in [0.717, 1.165) is 54.7 Å². The molecule has 166 valence electrons. The van der Waals surface area contributed by atoms with E-state index in [1.807, 2.05) is 6.20 Å². The second-order valence-electron chi connectivity index (χ2n) is 9.21. The summed E-state index contributed by atoms with van der Waals surface area (Å²) in [5, 5.41) is 0. The number of pyridine rings is 1. The molecular weight excluding hydrogens is 396 g/mol. The zero-order valence-corrected chi connectivity index (χ0v) is 19.4. The van der Waals surface area contributed by atoms with E-state index < -0.39 is 0 Å². The number of anilines is 1. The van der Waals surface area contributed by atoms with Crippen LogP contribution in [0.4, 0.5) is 5.82 Å². The van der Waals surface area contributed by atoms with Crippen LogP contribution in [0.1, 0.15) is 54.3 Å². The number of aryl methyl sites for hydroxylation is 2. The maximum absolute atomic E-state index is 6.14. The first-order valence-electron chi connectivity index (χ1n) is 11.9. The molecule has 0 bridgehead atoms. The van der Waals surface area contributed by atoms with Crippen LogP contribution in [0.2, 0.25) is 0 Å². The lowest BCUT2D eigenvalue weighted by molar-refractivity contribution is 0.331. The Labute approximate surface area is 190 Å². The smallest absolute Gasteiger partial charge is 0.135 e. The minimum Gasteiger partial charge on any atom is -0.491 e. The van der Waals surface area contributed by atoms with Crippen molar-refractivity contribution in [3.63, 3.8) is 0 Å².